The molecule has 0 saturated carbocycles. The van der Waals surface area contributed by atoms with Crippen molar-refractivity contribution in [3.8, 4) is 28.4 Å². The molecule has 0 saturated heterocycles. The van der Waals surface area contributed by atoms with E-state index in [1.807, 2.05) is 24.3 Å². The van der Waals surface area contributed by atoms with E-state index in [-0.39, 0.29) is 0 Å². The fraction of sp³-hybridized carbons (Fsp3) is 0.429. The highest BCUT2D eigenvalue weighted by Crippen LogP contribution is 2.41. The molecule has 0 bridgehead atoms. The normalized spacial score (nSPS) is 14.5. The molecule has 0 aliphatic carbocycles. The number of hydrogen-bond donors (Lipinski definition) is 0. The Morgan fingerprint density at radius 3 is 2.58 bits per heavy atom. The van der Waals surface area contributed by atoms with Crippen LogP contribution in [0.15, 0.2) is 30.3 Å². The quantitative estimate of drug-likeness (QED) is 0.745. The first-order chi connectivity index (χ1) is 12.5. The van der Waals surface area contributed by atoms with Crippen LogP contribution in [0.2, 0.25) is 5.02 Å². The van der Waals surface area contributed by atoms with Crippen molar-refractivity contribution >= 4 is 11.6 Å². The Morgan fingerprint density at radius 2 is 1.88 bits per heavy atom. The second-order valence-corrected chi connectivity index (χ2v) is 7.43. The average molecular weight is 376 g/mol. The molecule has 0 aromatic heterocycles. The Balaban J connectivity index is 2.07. The highest BCUT2D eigenvalue weighted by molar-refractivity contribution is 6.31. The van der Waals surface area contributed by atoms with E-state index in [1.165, 1.54) is 0 Å². The first-order valence-electron chi connectivity index (χ1n) is 8.91. The summed E-state index contributed by atoms with van der Waals surface area (Å²) in [6.07, 6.45) is 0. The van der Waals surface area contributed by atoms with E-state index in [4.69, 9.17) is 25.8 Å². The van der Waals surface area contributed by atoms with Crippen LogP contribution >= 0.6 is 11.6 Å². The summed E-state index contributed by atoms with van der Waals surface area (Å²) >= 11 is 6.23. The van der Waals surface area contributed by atoms with Gasteiger partial charge < -0.3 is 14.2 Å². The Labute approximate surface area is 160 Å². The number of nitrogens with zero attached hydrogens (tertiary/aromatic N) is 1. The van der Waals surface area contributed by atoms with Gasteiger partial charge in [-0.25, -0.2) is 0 Å². The predicted molar refractivity (Wildman–Crippen MR) is 106 cm³/mol. The van der Waals surface area contributed by atoms with Crippen molar-refractivity contribution in [2.45, 2.75) is 20.4 Å². The summed E-state index contributed by atoms with van der Waals surface area (Å²) in [7, 11) is 3.34. The topological polar surface area (TPSA) is 30.9 Å². The fourth-order valence-electron chi connectivity index (χ4n) is 3.42. The smallest absolute Gasteiger partial charge is 0.165 e. The lowest BCUT2D eigenvalue weighted by atomic mass is 10.00. The van der Waals surface area contributed by atoms with Crippen LogP contribution < -0.4 is 14.2 Å². The van der Waals surface area contributed by atoms with Crippen LogP contribution in [-0.4, -0.2) is 38.8 Å². The zero-order valence-electron chi connectivity index (χ0n) is 15.8. The summed E-state index contributed by atoms with van der Waals surface area (Å²) in [6.45, 7) is 7.92. The molecule has 4 nitrogen and oxygen atoms in total. The van der Waals surface area contributed by atoms with Crippen molar-refractivity contribution in [3.05, 3.63) is 40.9 Å². The molecule has 0 atom stereocenters. The van der Waals surface area contributed by atoms with Gasteiger partial charge in [-0.05, 0) is 41.8 Å². The molecule has 0 unspecified atom stereocenters. The molecule has 2 aromatic rings. The molecule has 1 heterocycles. The predicted octanol–water partition coefficient (Wildman–Crippen LogP) is 4.87. The van der Waals surface area contributed by atoms with Gasteiger partial charge in [0.05, 0.1) is 14.2 Å². The Morgan fingerprint density at radius 1 is 1.12 bits per heavy atom. The number of benzene rings is 2. The molecular formula is C21H26ClNO3. The summed E-state index contributed by atoms with van der Waals surface area (Å²) in [5.74, 6) is 2.97. The van der Waals surface area contributed by atoms with Crippen molar-refractivity contribution in [1.29, 1.82) is 0 Å². The average Bonchev–Trinajstić information content (AvgIpc) is 2.81. The van der Waals surface area contributed by atoms with Gasteiger partial charge in [0.2, 0.25) is 0 Å². The molecular weight excluding hydrogens is 350 g/mol. The number of rotatable bonds is 5. The van der Waals surface area contributed by atoms with Gasteiger partial charge in [0.25, 0.3) is 0 Å². The molecule has 3 rings (SSSR count). The van der Waals surface area contributed by atoms with E-state index < -0.39 is 0 Å². The third kappa shape index (κ3) is 4.08. The van der Waals surface area contributed by atoms with Crippen LogP contribution in [0, 0.1) is 5.92 Å². The molecule has 2 aromatic carbocycles. The van der Waals surface area contributed by atoms with E-state index in [9.17, 15) is 0 Å². The fourth-order valence-corrected chi connectivity index (χ4v) is 3.60. The van der Waals surface area contributed by atoms with Gasteiger partial charge in [0.15, 0.2) is 11.5 Å². The van der Waals surface area contributed by atoms with Gasteiger partial charge in [-0.1, -0.05) is 25.4 Å². The maximum Gasteiger partial charge on any atom is 0.165 e. The van der Waals surface area contributed by atoms with Gasteiger partial charge in [-0.3, -0.25) is 4.90 Å². The molecule has 0 radical (unpaired) electrons. The first-order valence-corrected chi connectivity index (χ1v) is 9.29. The number of methoxy groups -OCH3 is 2. The zero-order chi connectivity index (χ0) is 18.7. The van der Waals surface area contributed by atoms with Gasteiger partial charge in [-0.15, -0.1) is 0 Å². The van der Waals surface area contributed by atoms with Crippen molar-refractivity contribution in [2.24, 2.45) is 5.92 Å². The minimum absolute atomic E-state index is 0.606. The molecule has 0 N–H and O–H groups in total. The highest BCUT2D eigenvalue weighted by atomic mass is 35.5. The monoisotopic (exact) mass is 375 g/mol. The minimum Gasteiger partial charge on any atom is -0.496 e. The standard InChI is InChI=1S/C21H26ClNO3/c1-14(2)12-23-7-8-26-21-16(13-23)9-15(10-20(21)25-4)18-11-17(22)5-6-19(18)24-3/h5-6,9-11,14H,7-8,12-13H2,1-4H3. The van der Waals surface area contributed by atoms with Crippen molar-refractivity contribution in [1.82, 2.24) is 4.90 Å². The summed E-state index contributed by atoms with van der Waals surface area (Å²) in [5.41, 5.74) is 3.08. The lowest BCUT2D eigenvalue weighted by molar-refractivity contribution is 0.205. The third-order valence-electron chi connectivity index (χ3n) is 4.50. The van der Waals surface area contributed by atoms with E-state index in [0.717, 1.165) is 53.6 Å². The number of ether oxygens (including phenoxy) is 3. The number of halogens is 1. The van der Waals surface area contributed by atoms with E-state index in [0.29, 0.717) is 17.5 Å². The second kappa shape index (κ2) is 8.19. The first kappa shape index (κ1) is 18.9. The van der Waals surface area contributed by atoms with Gasteiger partial charge in [-0.2, -0.15) is 0 Å². The molecule has 5 heteroatoms. The van der Waals surface area contributed by atoms with E-state index >= 15 is 0 Å². The highest BCUT2D eigenvalue weighted by Gasteiger charge is 2.22. The van der Waals surface area contributed by atoms with Gasteiger partial charge >= 0.3 is 0 Å². The van der Waals surface area contributed by atoms with Crippen LogP contribution in [0.3, 0.4) is 0 Å². The molecule has 0 fully saturated rings. The van der Waals surface area contributed by atoms with Crippen LogP contribution in [-0.2, 0) is 6.54 Å². The largest absolute Gasteiger partial charge is 0.496 e. The number of hydrogen-bond acceptors (Lipinski definition) is 4. The maximum atomic E-state index is 6.23. The van der Waals surface area contributed by atoms with Crippen molar-refractivity contribution in [3.63, 3.8) is 0 Å². The molecule has 140 valence electrons. The summed E-state index contributed by atoms with van der Waals surface area (Å²) < 4.78 is 17.2. The molecule has 0 spiro atoms. The minimum atomic E-state index is 0.606. The Hall–Kier alpha value is -1.91. The van der Waals surface area contributed by atoms with Crippen LogP contribution in [0.1, 0.15) is 19.4 Å². The van der Waals surface area contributed by atoms with Crippen LogP contribution in [0.25, 0.3) is 11.1 Å². The Bertz CT molecular complexity index is 776. The zero-order valence-corrected chi connectivity index (χ0v) is 16.6. The summed E-state index contributed by atoms with van der Waals surface area (Å²) in [6, 6.07) is 9.79. The molecule has 26 heavy (non-hydrogen) atoms. The van der Waals surface area contributed by atoms with Gasteiger partial charge in [0, 0.05) is 35.8 Å². The lowest BCUT2D eigenvalue weighted by Crippen LogP contribution is -2.29. The van der Waals surface area contributed by atoms with Crippen LogP contribution in [0.4, 0.5) is 0 Å². The van der Waals surface area contributed by atoms with Crippen LogP contribution in [0.5, 0.6) is 17.2 Å². The molecule has 1 aliphatic rings. The summed E-state index contributed by atoms with van der Waals surface area (Å²) in [5, 5.41) is 0.674. The van der Waals surface area contributed by atoms with Crippen molar-refractivity contribution in [2.75, 3.05) is 33.9 Å². The number of fused-ring (bicyclic) bond motifs is 1. The van der Waals surface area contributed by atoms with E-state index in [2.05, 4.69) is 24.8 Å². The van der Waals surface area contributed by atoms with Gasteiger partial charge in [0.1, 0.15) is 12.4 Å². The third-order valence-corrected chi connectivity index (χ3v) is 4.73. The summed E-state index contributed by atoms with van der Waals surface area (Å²) in [4.78, 5) is 2.43. The van der Waals surface area contributed by atoms with E-state index in [1.54, 1.807) is 14.2 Å². The lowest BCUT2D eigenvalue weighted by Gasteiger charge is -2.21. The van der Waals surface area contributed by atoms with Crippen molar-refractivity contribution < 1.29 is 14.2 Å². The second-order valence-electron chi connectivity index (χ2n) is 6.99. The molecule has 0 amide bonds. The SMILES string of the molecule is COc1ccc(Cl)cc1-c1cc2c(c(OC)c1)OCCN(CC(C)C)C2. The Kier molecular flexibility index (Phi) is 5.94. The molecule has 1 aliphatic heterocycles. The maximum absolute atomic E-state index is 6.23.